The number of carbonyl (C=O) groups excluding carboxylic acids is 2. The van der Waals surface area contributed by atoms with Crippen molar-refractivity contribution >= 4 is 11.8 Å². The molecule has 2 amide bonds. The molecule has 3 rings (SSSR count). The zero-order valence-electron chi connectivity index (χ0n) is 11.8. The van der Waals surface area contributed by atoms with Gasteiger partial charge in [0.15, 0.2) is 0 Å². The molecular weight excluding hydrogens is 242 g/mol. The second-order valence-electron chi connectivity index (χ2n) is 7.26. The van der Waals surface area contributed by atoms with Gasteiger partial charge in [-0.25, -0.2) is 0 Å². The van der Waals surface area contributed by atoms with Crippen molar-refractivity contribution in [2.75, 3.05) is 13.2 Å². The molecule has 0 radical (unpaired) electrons. The molecular formula is C15H23NO3. The van der Waals surface area contributed by atoms with Crippen LogP contribution in [-0.4, -0.2) is 35.0 Å². The van der Waals surface area contributed by atoms with Gasteiger partial charge in [-0.15, -0.1) is 0 Å². The summed E-state index contributed by atoms with van der Waals surface area (Å²) in [6, 6.07) is 0. The fraction of sp³-hybridized carbons (Fsp3) is 0.867. The predicted octanol–water partition coefficient (Wildman–Crippen LogP) is 1.57. The maximum absolute atomic E-state index is 12.3. The number of imide groups is 1. The highest BCUT2D eigenvalue weighted by atomic mass is 16.3. The van der Waals surface area contributed by atoms with Crippen LogP contribution in [0.3, 0.4) is 0 Å². The van der Waals surface area contributed by atoms with Crippen molar-refractivity contribution in [3.05, 3.63) is 0 Å². The highest BCUT2D eigenvalue weighted by Crippen LogP contribution is 2.63. The standard InChI is InChI=1S/C15H23NO3/c1-14(2)10-11(14)13(19)16(12(10)18)8-15(9-17)6-4-3-5-7-15/h10-11,17H,3-9H2,1-2H3. The number of aliphatic hydroxyl groups excluding tert-OH is 1. The van der Waals surface area contributed by atoms with Gasteiger partial charge in [0.05, 0.1) is 18.4 Å². The van der Waals surface area contributed by atoms with E-state index in [-0.39, 0.29) is 41.1 Å². The summed E-state index contributed by atoms with van der Waals surface area (Å²) < 4.78 is 0. The van der Waals surface area contributed by atoms with Gasteiger partial charge >= 0.3 is 0 Å². The first kappa shape index (κ1) is 13.1. The van der Waals surface area contributed by atoms with Crippen LogP contribution in [0, 0.1) is 22.7 Å². The number of nitrogens with zero attached hydrogens (tertiary/aromatic N) is 1. The Morgan fingerprint density at radius 1 is 1.11 bits per heavy atom. The van der Waals surface area contributed by atoms with Gasteiger partial charge in [-0.3, -0.25) is 14.5 Å². The number of likely N-dealkylation sites (tertiary alicyclic amines) is 1. The molecule has 4 heteroatoms. The Balaban J connectivity index is 1.74. The normalized spacial score (nSPS) is 35.4. The van der Waals surface area contributed by atoms with Crippen molar-refractivity contribution in [1.29, 1.82) is 0 Å². The summed E-state index contributed by atoms with van der Waals surface area (Å²) in [5.74, 6) is -0.199. The van der Waals surface area contributed by atoms with E-state index >= 15 is 0 Å². The van der Waals surface area contributed by atoms with E-state index in [9.17, 15) is 14.7 Å². The molecule has 3 fully saturated rings. The second kappa shape index (κ2) is 4.05. The molecule has 0 aromatic rings. The van der Waals surface area contributed by atoms with E-state index in [1.54, 1.807) is 0 Å². The van der Waals surface area contributed by atoms with E-state index in [2.05, 4.69) is 0 Å². The van der Waals surface area contributed by atoms with Crippen molar-refractivity contribution < 1.29 is 14.7 Å². The second-order valence-corrected chi connectivity index (χ2v) is 7.26. The lowest BCUT2D eigenvalue weighted by Gasteiger charge is -2.38. The molecule has 0 aromatic carbocycles. The van der Waals surface area contributed by atoms with Crippen molar-refractivity contribution in [3.8, 4) is 0 Å². The average molecular weight is 265 g/mol. The molecule has 2 atom stereocenters. The first-order valence-corrected chi connectivity index (χ1v) is 7.39. The van der Waals surface area contributed by atoms with Gasteiger partial charge in [0, 0.05) is 12.0 Å². The van der Waals surface area contributed by atoms with E-state index in [0.29, 0.717) is 6.54 Å². The van der Waals surface area contributed by atoms with Crippen LogP contribution in [0.4, 0.5) is 0 Å². The summed E-state index contributed by atoms with van der Waals surface area (Å²) in [6.07, 6.45) is 5.24. The van der Waals surface area contributed by atoms with Crippen molar-refractivity contribution in [1.82, 2.24) is 4.90 Å². The van der Waals surface area contributed by atoms with E-state index in [4.69, 9.17) is 0 Å². The number of amides is 2. The molecule has 1 aliphatic heterocycles. The van der Waals surface area contributed by atoms with Gasteiger partial charge in [-0.1, -0.05) is 33.1 Å². The molecule has 0 spiro atoms. The number of hydrogen-bond acceptors (Lipinski definition) is 3. The summed E-state index contributed by atoms with van der Waals surface area (Å²) in [7, 11) is 0. The zero-order valence-corrected chi connectivity index (χ0v) is 11.8. The van der Waals surface area contributed by atoms with E-state index in [1.165, 1.54) is 11.3 Å². The third-order valence-electron chi connectivity index (χ3n) is 5.63. The predicted molar refractivity (Wildman–Crippen MR) is 70.1 cm³/mol. The van der Waals surface area contributed by atoms with Crippen LogP contribution in [0.1, 0.15) is 46.0 Å². The molecule has 4 nitrogen and oxygen atoms in total. The third-order valence-corrected chi connectivity index (χ3v) is 5.63. The number of piperidine rings is 1. The van der Waals surface area contributed by atoms with Gasteiger partial charge < -0.3 is 5.11 Å². The Morgan fingerprint density at radius 2 is 1.63 bits per heavy atom. The Hall–Kier alpha value is -0.900. The van der Waals surface area contributed by atoms with Crippen LogP contribution >= 0.6 is 0 Å². The smallest absolute Gasteiger partial charge is 0.233 e. The maximum atomic E-state index is 12.3. The number of fused-ring (bicyclic) bond motifs is 1. The van der Waals surface area contributed by atoms with Crippen LogP contribution in [0.15, 0.2) is 0 Å². The highest BCUT2D eigenvalue weighted by molar-refractivity contribution is 6.10. The summed E-state index contributed by atoms with van der Waals surface area (Å²) in [4.78, 5) is 26.1. The lowest BCUT2D eigenvalue weighted by molar-refractivity contribution is -0.146. The lowest BCUT2D eigenvalue weighted by atomic mass is 9.74. The minimum absolute atomic E-state index is 0.00148. The fourth-order valence-electron chi connectivity index (χ4n) is 4.16. The quantitative estimate of drug-likeness (QED) is 0.788. The van der Waals surface area contributed by atoms with Gasteiger partial charge in [-0.2, -0.15) is 0 Å². The molecule has 2 aliphatic carbocycles. The van der Waals surface area contributed by atoms with E-state index < -0.39 is 0 Å². The van der Waals surface area contributed by atoms with Crippen LogP contribution < -0.4 is 0 Å². The molecule has 1 saturated heterocycles. The van der Waals surface area contributed by atoms with Crippen LogP contribution in [0.25, 0.3) is 0 Å². The third kappa shape index (κ3) is 1.76. The van der Waals surface area contributed by atoms with Crippen molar-refractivity contribution in [3.63, 3.8) is 0 Å². The Kier molecular flexibility index (Phi) is 2.79. The van der Waals surface area contributed by atoms with Gasteiger partial charge in [-0.05, 0) is 18.3 Å². The topological polar surface area (TPSA) is 57.6 Å². The zero-order chi connectivity index (χ0) is 13.8. The Labute approximate surface area is 114 Å². The Bertz CT molecular complexity index is 399. The summed E-state index contributed by atoms with van der Waals surface area (Å²) in [5.41, 5.74) is -0.367. The molecule has 106 valence electrons. The SMILES string of the molecule is CC1(C)C2C(=O)N(CC3(CO)CCCCC3)C(=O)C21. The molecule has 3 aliphatic rings. The average Bonchev–Trinajstić information content (AvgIpc) is 2.88. The number of carbonyl (C=O) groups is 2. The number of aliphatic hydroxyl groups is 1. The summed E-state index contributed by atoms with van der Waals surface area (Å²) in [5, 5.41) is 9.70. The molecule has 1 heterocycles. The van der Waals surface area contributed by atoms with Crippen LogP contribution in [0.2, 0.25) is 0 Å². The number of rotatable bonds is 3. The largest absolute Gasteiger partial charge is 0.396 e. The van der Waals surface area contributed by atoms with Crippen LogP contribution in [0.5, 0.6) is 0 Å². The molecule has 1 N–H and O–H groups in total. The molecule has 0 bridgehead atoms. The number of hydrogen-bond donors (Lipinski definition) is 1. The van der Waals surface area contributed by atoms with E-state index in [0.717, 1.165) is 25.7 Å². The van der Waals surface area contributed by atoms with Crippen LogP contribution in [-0.2, 0) is 9.59 Å². The fourth-order valence-corrected chi connectivity index (χ4v) is 4.16. The summed E-state index contributed by atoms with van der Waals surface area (Å²) >= 11 is 0. The van der Waals surface area contributed by atoms with E-state index in [1.807, 2.05) is 13.8 Å². The minimum atomic E-state index is -0.232. The molecule has 2 unspecified atom stereocenters. The molecule has 19 heavy (non-hydrogen) atoms. The monoisotopic (exact) mass is 265 g/mol. The lowest BCUT2D eigenvalue weighted by Crippen LogP contribution is -2.46. The highest BCUT2D eigenvalue weighted by Gasteiger charge is 2.72. The first-order valence-electron chi connectivity index (χ1n) is 7.39. The van der Waals surface area contributed by atoms with Crippen molar-refractivity contribution in [2.45, 2.75) is 46.0 Å². The Morgan fingerprint density at radius 3 is 2.11 bits per heavy atom. The summed E-state index contributed by atoms with van der Waals surface area (Å²) in [6.45, 7) is 4.52. The van der Waals surface area contributed by atoms with Gasteiger partial charge in [0.25, 0.3) is 0 Å². The maximum Gasteiger partial charge on any atom is 0.233 e. The van der Waals surface area contributed by atoms with Gasteiger partial charge in [0.1, 0.15) is 0 Å². The van der Waals surface area contributed by atoms with Gasteiger partial charge in [0.2, 0.25) is 11.8 Å². The van der Waals surface area contributed by atoms with Crippen molar-refractivity contribution in [2.24, 2.45) is 22.7 Å². The first-order chi connectivity index (χ1) is 8.93. The minimum Gasteiger partial charge on any atom is -0.396 e. The molecule has 0 aromatic heterocycles. The molecule has 2 saturated carbocycles.